The van der Waals surface area contributed by atoms with E-state index in [1.807, 2.05) is 48.5 Å². The summed E-state index contributed by atoms with van der Waals surface area (Å²) in [5.41, 5.74) is 5.73. The van der Waals surface area contributed by atoms with Crippen LogP contribution in [0.25, 0.3) is 61.5 Å². The normalized spacial score (nSPS) is 11.4. The molecule has 0 amide bonds. The summed E-state index contributed by atoms with van der Waals surface area (Å²) >= 11 is 0. The summed E-state index contributed by atoms with van der Waals surface area (Å²) in [6.45, 7) is 7.13. The molecule has 0 fully saturated rings. The summed E-state index contributed by atoms with van der Waals surface area (Å²) in [5.74, 6) is 0. The molecule has 6 rings (SSSR count). The maximum absolute atomic E-state index is 9.02. The number of hydrogen-bond acceptors (Lipinski definition) is 1. The average Bonchev–Trinajstić information content (AvgIpc) is 2.99. The van der Waals surface area contributed by atoms with E-state index >= 15 is 0 Å². The Kier molecular flexibility index (Phi) is 5.99. The molecule has 0 saturated heterocycles. The molecule has 0 radical (unpaired) electrons. The molecule has 38 heavy (non-hydrogen) atoms. The van der Waals surface area contributed by atoms with Crippen molar-refractivity contribution in [3.8, 4) is 6.07 Å². The first-order valence-electron chi connectivity index (χ1n) is 12.4. The van der Waals surface area contributed by atoms with E-state index in [1.54, 1.807) is 0 Å². The van der Waals surface area contributed by atoms with Crippen LogP contribution in [0.15, 0.2) is 109 Å². The lowest BCUT2D eigenvalue weighted by Crippen LogP contribution is -1.85. The summed E-state index contributed by atoms with van der Waals surface area (Å²) < 4.78 is 0. The molecule has 0 unspecified atom stereocenters. The molecular formula is C36H22N2. The van der Waals surface area contributed by atoms with Crippen LogP contribution in [-0.4, -0.2) is 0 Å². The quantitative estimate of drug-likeness (QED) is 0.140. The van der Waals surface area contributed by atoms with E-state index in [-0.39, 0.29) is 0 Å². The van der Waals surface area contributed by atoms with Crippen molar-refractivity contribution in [3.63, 3.8) is 0 Å². The van der Waals surface area contributed by atoms with Gasteiger partial charge in [0, 0.05) is 0 Å². The summed E-state index contributed by atoms with van der Waals surface area (Å²) in [4.78, 5) is 3.47. The van der Waals surface area contributed by atoms with Crippen LogP contribution < -0.4 is 0 Å². The summed E-state index contributed by atoms with van der Waals surface area (Å²) in [6, 6.07) is 39.3. The lowest BCUT2D eigenvalue weighted by Gasteiger charge is -2.12. The van der Waals surface area contributed by atoms with E-state index in [0.29, 0.717) is 11.3 Å². The van der Waals surface area contributed by atoms with Crippen LogP contribution in [-0.2, 0) is 0 Å². The van der Waals surface area contributed by atoms with E-state index in [1.165, 1.54) is 32.3 Å². The van der Waals surface area contributed by atoms with Crippen LogP contribution in [0.1, 0.15) is 27.8 Å². The highest BCUT2D eigenvalue weighted by molar-refractivity contribution is 6.25. The van der Waals surface area contributed by atoms with Crippen molar-refractivity contribution in [3.05, 3.63) is 148 Å². The van der Waals surface area contributed by atoms with Crippen LogP contribution in [0.2, 0.25) is 0 Å². The van der Waals surface area contributed by atoms with Gasteiger partial charge in [-0.3, -0.25) is 0 Å². The highest BCUT2D eigenvalue weighted by Gasteiger charge is 2.09. The lowest BCUT2D eigenvalue weighted by atomic mass is 9.92. The maximum atomic E-state index is 9.02. The second-order valence-electron chi connectivity index (χ2n) is 9.26. The molecule has 6 aromatic rings. The van der Waals surface area contributed by atoms with Crippen molar-refractivity contribution in [2.45, 2.75) is 0 Å². The van der Waals surface area contributed by atoms with Gasteiger partial charge in [-0.05, 0) is 78.8 Å². The first-order chi connectivity index (χ1) is 18.7. The Morgan fingerprint density at radius 2 is 0.921 bits per heavy atom. The Labute approximate surface area is 221 Å². The predicted molar refractivity (Wildman–Crippen MR) is 161 cm³/mol. The van der Waals surface area contributed by atoms with Gasteiger partial charge in [-0.15, -0.1) is 0 Å². The van der Waals surface area contributed by atoms with Gasteiger partial charge in [0.05, 0.1) is 18.2 Å². The summed E-state index contributed by atoms with van der Waals surface area (Å²) in [5, 5.41) is 16.4. The van der Waals surface area contributed by atoms with E-state index in [9.17, 15) is 0 Å². The molecule has 0 N–H and O–H groups in total. The molecule has 2 heteroatoms. The molecule has 2 nitrogen and oxygen atoms in total. The minimum Gasteiger partial charge on any atom is -0.238 e. The molecule has 0 heterocycles. The van der Waals surface area contributed by atoms with Gasteiger partial charge in [-0.1, -0.05) is 109 Å². The van der Waals surface area contributed by atoms with Gasteiger partial charge in [0.15, 0.2) is 5.69 Å². The van der Waals surface area contributed by atoms with Crippen molar-refractivity contribution in [1.82, 2.24) is 0 Å². The Morgan fingerprint density at radius 1 is 0.500 bits per heavy atom. The fourth-order valence-electron chi connectivity index (χ4n) is 4.91. The monoisotopic (exact) mass is 482 g/mol. The standard InChI is InChI=1S/C36H22N2/c1-38-30-18-14-26(15-19-30)7-11-28-17-21-34-33-20-16-27(10-6-25-8-12-29(24-37)13-9-25)22-35(33)31-4-2-3-5-32(31)36(34)23-28/h2-23H. The largest absolute Gasteiger partial charge is 0.238 e. The van der Waals surface area contributed by atoms with Crippen LogP contribution in [0, 0.1) is 17.9 Å². The Balaban J connectivity index is 1.42. The van der Waals surface area contributed by atoms with E-state index in [4.69, 9.17) is 11.8 Å². The molecule has 0 bridgehead atoms. The van der Waals surface area contributed by atoms with E-state index < -0.39 is 0 Å². The van der Waals surface area contributed by atoms with Gasteiger partial charge in [0.1, 0.15) is 0 Å². The minimum absolute atomic E-state index is 0.652. The fraction of sp³-hybridized carbons (Fsp3) is 0. The van der Waals surface area contributed by atoms with Crippen LogP contribution in [0.5, 0.6) is 0 Å². The molecule has 0 aliphatic rings. The summed E-state index contributed by atoms with van der Waals surface area (Å²) in [6.07, 6.45) is 8.42. The molecule has 0 aliphatic heterocycles. The first kappa shape index (κ1) is 23.0. The Hall–Kier alpha value is -5.44. The van der Waals surface area contributed by atoms with Crippen molar-refractivity contribution < 1.29 is 0 Å². The molecule has 176 valence electrons. The second-order valence-corrected chi connectivity index (χ2v) is 9.26. The first-order valence-corrected chi connectivity index (χ1v) is 12.4. The van der Waals surface area contributed by atoms with Gasteiger partial charge in [0.2, 0.25) is 0 Å². The Bertz CT molecular complexity index is 1790. The topological polar surface area (TPSA) is 28.1 Å². The molecule has 0 aliphatic carbocycles. The third kappa shape index (κ3) is 4.44. The minimum atomic E-state index is 0.652. The van der Waals surface area contributed by atoms with Crippen molar-refractivity contribution in [2.75, 3.05) is 0 Å². The average molecular weight is 483 g/mol. The lowest BCUT2D eigenvalue weighted by molar-refractivity contribution is 1.48. The highest BCUT2D eigenvalue weighted by atomic mass is 14.6. The van der Waals surface area contributed by atoms with Gasteiger partial charge < -0.3 is 0 Å². The van der Waals surface area contributed by atoms with Crippen LogP contribution in [0.3, 0.4) is 0 Å². The molecule has 0 spiro atoms. The number of rotatable bonds is 4. The molecular weight excluding hydrogens is 460 g/mol. The number of hydrogen-bond donors (Lipinski definition) is 0. The van der Waals surface area contributed by atoms with Gasteiger partial charge in [-0.25, -0.2) is 4.85 Å². The fourth-order valence-corrected chi connectivity index (χ4v) is 4.91. The van der Waals surface area contributed by atoms with E-state index in [0.717, 1.165) is 22.3 Å². The third-order valence-electron chi connectivity index (χ3n) is 6.88. The smallest absolute Gasteiger partial charge is 0.187 e. The van der Waals surface area contributed by atoms with Crippen molar-refractivity contribution >= 4 is 62.3 Å². The summed E-state index contributed by atoms with van der Waals surface area (Å²) in [7, 11) is 0. The molecule has 6 aromatic carbocycles. The van der Waals surface area contributed by atoms with Crippen LogP contribution >= 0.6 is 0 Å². The third-order valence-corrected chi connectivity index (χ3v) is 6.88. The highest BCUT2D eigenvalue weighted by Crippen LogP contribution is 2.36. The van der Waals surface area contributed by atoms with E-state index in [2.05, 4.69) is 95.9 Å². The Morgan fingerprint density at radius 3 is 1.39 bits per heavy atom. The molecule has 0 aromatic heterocycles. The van der Waals surface area contributed by atoms with Gasteiger partial charge >= 0.3 is 0 Å². The molecule has 0 saturated carbocycles. The predicted octanol–water partition coefficient (Wildman–Crippen LogP) is 9.91. The number of fused-ring (bicyclic) bond motifs is 6. The number of benzene rings is 6. The maximum Gasteiger partial charge on any atom is 0.187 e. The zero-order valence-electron chi connectivity index (χ0n) is 20.6. The van der Waals surface area contributed by atoms with Gasteiger partial charge in [-0.2, -0.15) is 5.26 Å². The van der Waals surface area contributed by atoms with Crippen LogP contribution in [0.4, 0.5) is 5.69 Å². The van der Waals surface area contributed by atoms with Gasteiger partial charge in [0.25, 0.3) is 0 Å². The zero-order valence-corrected chi connectivity index (χ0v) is 20.6. The molecule has 0 atom stereocenters. The number of nitriles is 1. The second kappa shape index (κ2) is 9.90. The number of nitrogens with zero attached hydrogens (tertiary/aromatic N) is 2. The van der Waals surface area contributed by atoms with Crippen molar-refractivity contribution in [2.24, 2.45) is 0 Å². The van der Waals surface area contributed by atoms with Crippen molar-refractivity contribution in [1.29, 1.82) is 5.26 Å². The zero-order chi connectivity index (χ0) is 25.9. The SMILES string of the molecule is [C-]#[N+]c1ccc(C=Cc2ccc3c4ccc(C=Cc5ccc(C#N)cc5)cc4c4ccccc4c3c2)cc1.